The number of hydrogen-bond acceptors (Lipinski definition) is 7. The number of aryl methyl sites for hydroxylation is 1. The number of anilines is 1. The molecule has 0 heterocycles. The first-order valence-corrected chi connectivity index (χ1v) is 13.7. The fourth-order valence-electron chi connectivity index (χ4n) is 3.71. The predicted molar refractivity (Wildman–Crippen MR) is 141 cm³/mol. The van der Waals surface area contributed by atoms with Gasteiger partial charge in [-0.05, 0) is 31.9 Å². The maximum absolute atomic E-state index is 13.6. The third-order valence-corrected chi connectivity index (χ3v) is 6.88. The maximum Gasteiger partial charge on any atom is 0.271 e. The van der Waals surface area contributed by atoms with Gasteiger partial charge < -0.3 is 15.0 Å². The number of hydrogen-bond donors (Lipinski definition) is 1. The molecule has 2 aromatic rings. The molecule has 0 saturated heterocycles. The van der Waals surface area contributed by atoms with Crippen LogP contribution in [0.2, 0.25) is 0 Å². The van der Waals surface area contributed by atoms with Gasteiger partial charge >= 0.3 is 0 Å². The van der Waals surface area contributed by atoms with Gasteiger partial charge in [0.05, 0.1) is 18.3 Å². The molecule has 2 rings (SSSR count). The Morgan fingerprint density at radius 3 is 2.46 bits per heavy atom. The number of nitro groups is 1. The summed E-state index contributed by atoms with van der Waals surface area (Å²) >= 11 is 0. The highest BCUT2D eigenvalue weighted by Gasteiger charge is 2.32. The zero-order valence-electron chi connectivity index (χ0n) is 21.8. The lowest BCUT2D eigenvalue weighted by molar-refractivity contribution is -0.384. The van der Waals surface area contributed by atoms with Gasteiger partial charge in [-0.25, -0.2) is 8.42 Å². The van der Waals surface area contributed by atoms with Crippen molar-refractivity contribution in [2.75, 3.05) is 30.8 Å². The molecule has 1 atom stereocenters. The van der Waals surface area contributed by atoms with Crippen molar-refractivity contribution in [2.45, 2.75) is 46.2 Å². The van der Waals surface area contributed by atoms with Crippen LogP contribution in [0.5, 0.6) is 5.75 Å². The zero-order valence-corrected chi connectivity index (χ0v) is 22.6. The SMILES string of the molecule is CCCCNC(=O)[C@H](C)N(Cc1cccc(C)c1)C(=O)CN(c1cc([N+](=O)[O-])ccc1OC)S(C)(=O)=O. The van der Waals surface area contributed by atoms with E-state index in [4.69, 9.17) is 4.74 Å². The standard InChI is InChI=1S/C25H34N4O7S/c1-6-7-13-26-25(31)19(3)27(16-20-10-8-9-18(2)14-20)24(30)17-28(37(5,34)35)22-15-21(29(32)33)11-12-23(22)36-4/h8-12,14-15,19H,6-7,13,16-17H2,1-5H3,(H,26,31)/t19-/m0/s1. The van der Waals surface area contributed by atoms with Crippen molar-refractivity contribution >= 4 is 33.2 Å². The van der Waals surface area contributed by atoms with E-state index in [2.05, 4.69) is 5.32 Å². The van der Waals surface area contributed by atoms with E-state index in [1.54, 1.807) is 6.92 Å². The van der Waals surface area contributed by atoms with E-state index in [1.165, 1.54) is 24.1 Å². The van der Waals surface area contributed by atoms with Crippen molar-refractivity contribution in [1.82, 2.24) is 10.2 Å². The Hall–Kier alpha value is -3.67. The van der Waals surface area contributed by atoms with Gasteiger partial charge in [-0.3, -0.25) is 24.0 Å². The molecule has 0 saturated carbocycles. The van der Waals surface area contributed by atoms with Crippen molar-refractivity contribution in [3.63, 3.8) is 0 Å². The second-order valence-electron chi connectivity index (χ2n) is 8.71. The highest BCUT2D eigenvalue weighted by atomic mass is 32.2. The molecule has 37 heavy (non-hydrogen) atoms. The average Bonchev–Trinajstić information content (AvgIpc) is 2.84. The van der Waals surface area contributed by atoms with Crippen molar-refractivity contribution in [3.8, 4) is 5.75 Å². The average molecular weight is 535 g/mol. The zero-order chi connectivity index (χ0) is 27.8. The van der Waals surface area contributed by atoms with Crippen molar-refractivity contribution in [3.05, 3.63) is 63.7 Å². The number of amides is 2. The number of carbonyl (C=O) groups is 2. The van der Waals surface area contributed by atoms with Gasteiger partial charge in [0.25, 0.3) is 5.69 Å². The summed E-state index contributed by atoms with van der Waals surface area (Å²) in [6.45, 7) is 5.29. The molecule has 0 aliphatic rings. The third kappa shape index (κ3) is 8.17. The Bertz CT molecular complexity index is 1230. The van der Waals surface area contributed by atoms with E-state index in [9.17, 15) is 28.1 Å². The van der Waals surface area contributed by atoms with Crippen LogP contribution in [-0.2, 0) is 26.2 Å². The number of carbonyl (C=O) groups excluding carboxylic acids is 2. The molecule has 2 aromatic carbocycles. The van der Waals surface area contributed by atoms with Crippen molar-refractivity contribution in [1.29, 1.82) is 0 Å². The summed E-state index contributed by atoms with van der Waals surface area (Å²) in [4.78, 5) is 38.5. The van der Waals surface area contributed by atoms with Crippen LogP contribution in [0, 0.1) is 17.0 Å². The topological polar surface area (TPSA) is 139 Å². The molecule has 12 heteroatoms. The van der Waals surface area contributed by atoms with Crippen molar-refractivity contribution < 1.29 is 27.7 Å². The molecular formula is C25H34N4O7S. The van der Waals surface area contributed by atoms with Crippen LogP contribution in [-0.4, -0.2) is 62.6 Å². The molecule has 0 aromatic heterocycles. The number of unbranched alkanes of at least 4 members (excludes halogenated alkanes) is 1. The minimum atomic E-state index is -4.08. The van der Waals surface area contributed by atoms with Crippen LogP contribution < -0.4 is 14.4 Å². The molecular weight excluding hydrogens is 500 g/mol. The Balaban J connectivity index is 2.48. The molecule has 0 fully saturated rings. The van der Waals surface area contributed by atoms with Crippen LogP contribution in [0.3, 0.4) is 0 Å². The fourth-order valence-corrected chi connectivity index (χ4v) is 4.55. The smallest absolute Gasteiger partial charge is 0.271 e. The number of rotatable bonds is 13. The third-order valence-electron chi connectivity index (χ3n) is 5.75. The lowest BCUT2D eigenvalue weighted by Gasteiger charge is -2.31. The lowest BCUT2D eigenvalue weighted by atomic mass is 10.1. The van der Waals surface area contributed by atoms with Crippen LogP contribution in [0.4, 0.5) is 11.4 Å². The van der Waals surface area contributed by atoms with Gasteiger partial charge in [0, 0.05) is 25.2 Å². The van der Waals surface area contributed by atoms with Gasteiger partial charge in [-0.1, -0.05) is 43.2 Å². The van der Waals surface area contributed by atoms with Gasteiger partial charge in [-0.15, -0.1) is 0 Å². The first-order chi connectivity index (χ1) is 17.4. The van der Waals surface area contributed by atoms with Crippen LogP contribution in [0.15, 0.2) is 42.5 Å². The van der Waals surface area contributed by atoms with Crippen LogP contribution in [0.25, 0.3) is 0 Å². The van der Waals surface area contributed by atoms with Gasteiger partial charge in [0.2, 0.25) is 21.8 Å². The minimum Gasteiger partial charge on any atom is -0.495 e. The number of non-ortho nitro benzene ring substituents is 1. The minimum absolute atomic E-state index is 0.0411. The fraction of sp³-hybridized carbons (Fsp3) is 0.440. The molecule has 0 bridgehead atoms. The van der Waals surface area contributed by atoms with E-state index < -0.39 is 33.4 Å². The number of nitrogens with one attached hydrogen (secondary N) is 1. The summed E-state index contributed by atoms with van der Waals surface area (Å²) in [5.41, 5.74) is 1.21. The number of nitro benzene ring substituents is 1. The van der Waals surface area contributed by atoms with E-state index in [-0.39, 0.29) is 29.6 Å². The molecule has 0 aliphatic carbocycles. The number of benzene rings is 2. The second-order valence-corrected chi connectivity index (χ2v) is 10.6. The summed E-state index contributed by atoms with van der Waals surface area (Å²) < 4.78 is 31.5. The molecule has 0 aliphatic heterocycles. The van der Waals surface area contributed by atoms with Gasteiger partial charge in [0.15, 0.2) is 0 Å². The molecule has 2 amide bonds. The monoisotopic (exact) mass is 534 g/mol. The molecule has 1 N–H and O–H groups in total. The van der Waals surface area contributed by atoms with Gasteiger partial charge in [0.1, 0.15) is 24.0 Å². The summed E-state index contributed by atoms with van der Waals surface area (Å²) in [7, 11) is -2.79. The van der Waals surface area contributed by atoms with Crippen LogP contribution in [0.1, 0.15) is 37.8 Å². The summed E-state index contributed by atoms with van der Waals surface area (Å²) in [6.07, 6.45) is 2.55. The largest absolute Gasteiger partial charge is 0.495 e. The molecule has 11 nitrogen and oxygen atoms in total. The van der Waals surface area contributed by atoms with E-state index in [1.807, 2.05) is 38.1 Å². The highest BCUT2D eigenvalue weighted by molar-refractivity contribution is 7.92. The Morgan fingerprint density at radius 1 is 1.19 bits per heavy atom. The van der Waals surface area contributed by atoms with Crippen LogP contribution >= 0.6 is 0 Å². The second kappa shape index (κ2) is 13.0. The first kappa shape index (κ1) is 29.6. The van der Waals surface area contributed by atoms with Crippen molar-refractivity contribution in [2.24, 2.45) is 0 Å². The maximum atomic E-state index is 13.6. The number of methoxy groups -OCH3 is 1. The van der Waals surface area contributed by atoms with Gasteiger partial charge in [-0.2, -0.15) is 0 Å². The Labute approximate surface area is 217 Å². The normalized spacial score (nSPS) is 11.9. The Kier molecular flexibility index (Phi) is 10.4. The van der Waals surface area contributed by atoms with E-state index >= 15 is 0 Å². The highest BCUT2D eigenvalue weighted by Crippen LogP contribution is 2.33. The number of sulfonamides is 1. The lowest BCUT2D eigenvalue weighted by Crippen LogP contribution is -2.51. The Morgan fingerprint density at radius 2 is 1.89 bits per heavy atom. The summed E-state index contributed by atoms with van der Waals surface area (Å²) in [6, 6.07) is 10.00. The number of nitrogens with zero attached hydrogens (tertiary/aromatic N) is 3. The quantitative estimate of drug-likeness (QED) is 0.237. The number of ether oxygens (including phenoxy) is 1. The predicted octanol–water partition coefficient (Wildman–Crippen LogP) is 3.01. The summed E-state index contributed by atoms with van der Waals surface area (Å²) in [5, 5.41) is 14.1. The van der Waals surface area contributed by atoms with E-state index in [0.29, 0.717) is 6.54 Å². The molecule has 202 valence electrons. The molecule has 0 radical (unpaired) electrons. The van der Waals surface area contributed by atoms with E-state index in [0.717, 1.165) is 40.6 Å². The molecule has 0 spiro atoms. The first-order valence-electron chi connectivity index (χ1n) is 11.8. The summed E-state index contributed by atoms with van der Waals surface area (Å²) in [5.74, 6) is -0.980. The molecule has 0 unspecified atom stereocenters.